The lowest BCUT2D eigenvalue weighted by Crippen LogP contribution is -1.93. The first kappa shape index (κ1) is 14.5. The van der Waals surface area contributed by atoms with Gasteiger partial charge in [0.2, 0.25) is 5.88 Å². The molecule has 118 valence electrons. The minimum absolute atomic E-state index is 0.601. The molecule has 4 rings (SSSR count). The Kier molecular flexibility index (Phi) is 3.54. The average molecular weight is 314 g/mol. The highest BCUT2D eigenvalue weighted by molar-refractivity contribution is 5.77. The summed E-state index contributed by atoms with van der Waals surface area (Å²) in [5.41, 5.74) is 4.35. The fraction of sp³-hybridized carbons (Fsp3) is 0.0952. The van der Waals surface area contributed by atoms with Crippen LogP contribution in [0.5, 0.6) is 11.6 Å². The summed E-state index contributed by atoms with van der Waals surface area (Å²) in [6.07, 6.45) is 2.00. The van der Waals surface area contributed by atoms with Gasteiger partial charge in [0.05, 0.1) is 0 Å². The van der Waals surface area contributed by atoms with Gasteiger partial charge in [-0.2, -0.15) is 4.98 Å². The predicted octanol–water partition coefficient (Wildman–Crippen LogP) is 5.34. The van der Waals surface area contributed by atoms with Crippen molar-refractivity contribution < 1.29 is 4.74 Å². The van der Waals surface area contributed by atoms with Crippen molar-refractivity contribution in [3.8, 4) is 22.8 Å². The third-order valence-electron chi connectivity index (χ3n) is 4.12. The van der Waals surface area contributed by atoms with Gasteiger partial charge in [0, 0.05) is 30.3 Å². The molecule has 0 aliphatic rings. The van der Waals surface area contributed by atoms with Crippen LogP contribution in [0.2, 0.25) is 0 Å². The Balaban J connectivity index is 1.75. The van der Waals surface area contributed by atoms with Crippen LogP contribution in [-0.2, 0) is 7.05 Å². The molecule has 4 aromatic rings. The molecule has 2 heterocycles. The first-order valence-corrected chi connectivity index (χ1v) is 7.97. The minimum Gasteiger partial charge on any atom is -0.438 e. The molecular weight excluding hydrogens is 296 g/mol. The summed E-state index contributed by atoms with van der Waals surface area (Å²) in [5, 5.41) is 1.11. The van der Waals surface area contributed by atoms with Gasteiger partial charge in [-0.15, -0.1) is 0 Å². The van der Waals surface area contributed by atoms with Crippen molar-refractivity contribution in [1.82, 2.24) is 9.55 Å². The van der Waals surface area contributed by atoms with E-state index >= 15 is 0 Å². The molecule has 2 aromatic carbocycles. The molecular formula is C21H18N2O. The van der Waals surface area contributed by atoms with Gasteiger partial charge in [-0.1, -0.05) is 48.0 Å². The Morgan fingerprint density at radius 2 is 1.79 bits per heavy atom. The number of benzene rings is 2. The smallest absolute Gasteiger partial charge is 0.221 e. The van der Waals surface area contributed by atoms with Crippen LogP contribution in [-0.4, -0.2) is 9.55 Å². The Bertz CT molecular complexity index is 1020. The number of aromatic nitrogens is 2. The SMILES string of the molecule is Cc1cccc(-c2ccccc2Oc2ccc3ccn(C)c3n2)c1. The second-order valence-corrected chi connectivity index (χ2v) is 5.96. The van der Waals surface area contributed by atoms with E-state index in [1.54, 1.807) is 0 Å². The van der Waals surface area contributed by atoms with Gasteiger partial charge in [0.1, 0.15) is 11.4 Å². The number of aryl methyl sites for hydroxylation is 2. The second kappa shape index (κ2) is 5.85. The van der Waals surface area contributed by atoms with Crippen molar-refractivity contribution in [2.24, 2.45) is 7.05 Å². The molecule has 3 nitrogen and oxygen atoms in total. The van der Waals surface area contributed by atoms with Crippen LogP contribution in [0.1, 0.15) is 5.56 Å². The summed E-state index contributed by atoms with van der Waals surface area (Å²) in [6, 6.07) is 22.5. The minimum atomic E-state index is 0.601. The van der Waals surface area contributed by atoms with Crippen molar-refractivity contribution in [2.45, 2.75) is 6.92 Å². The van der Waals surface area contributed by atoms with Crippen LogP contribution in [0.4, 0.5) is 0 Å². The summed E-state index contributed by atoms with van der Waals surface area (Å²) in [6.45, 7) is 2.10. The van der Waals surface area contributed by atoms with E-state index in [9.17, 15) is 0 Å². The molecule has 0 fully saturated rings. The molecule has 0 N–H and O–H groups in total. The topological polar surface area (TPSA) is 27.1 Å². The summed E-state index contributed by atoms with van der Waals surface area (Å²) in [5.74, 6) is 1.41. The average Bonchev–Trinajstić information content (AvgIpc) is 2.96. The molecule has 0 aliphatic carbocycles. The van der Waals surface area contributed by atoms with E-state index in [4.69, 9.17) is 4.74 Å². The van der Waals surface area contributed by atoms with Gasteiger partial charge in [-0.3, -0.25) is 0 Å². The zero-order valence-electron chi connectivity index (χ0n) is 13.7. The fourth-order valence-corrected chi connectivity index (χ4v) is 2.89. The van der Waals surface area contributed by atoms with E-state index in [-0.39, 0.29) is 0 Å². The third kappa shape index (κ3) is 2.65. The normalized spacial score (nSPS) is 10.9. The lowest BCUT2D eigenvalue weighted by atomic mass is 10.0. The van der Waals surface area contributed by atoms with Crippen LogP contribution < -0.4 is 4.74 Å². The molecule has 0 radical (unpaired) electrons. The van der Waals surface area contributed by atoms with Gasteiger partial charge >= 0.3 is 0 Å². The summed E-state index contributed by atoms with van der Waals surface area (Å²) < 4.78 is 8.11. The van der Waals surface area contributed by atoms with Gasteiger partial charge < -0.3 is 9.30 Å². The predicted molar refractivity (Wildman–Crippen MR) is 97.4 cm³/mol. The Morgan fingerprint density at radius 3 is 2.67 bits per heavy atom. The number of hydrogen-bond donors (Lipinski definition) is 0. The van der Waals surface area contributed by atoms with E-state index in [1.807, 2.05) is 54.2 Å². The molecule has 0 aliphatic heterocycles. The van der Waals surface area contributed by atoms with Crippen molar-refractivity contribution in [3.63, 3.8) is 0 Å². The fourth-order valence-electron chi connectivity index (χ4n) is 2.89. The van der Waals surface area contributed by atoms with E-state index in [1.165, 1.54) is 5.56 Å². The maximum atomic E-state index is 6.11. The number of fused-ring (bicyclic) bond motifs is 1. The molecule has 0 unspecified atom stereocenters. The summed E-state index contributed by atoms with van der Waals surface area (Å²) in [4.78, 5) is 4.62. The van der Waals surface area contributed by atoms with Crippen LogP contribution in [0.15, 0.2) is 72.9 Å². The quantitative estimate of drug-likeness (QED) is 0.510. The van der Waals surface area contributed by atoms with E-state index in [2.05, 4.69) is 42.2 Å². The number of nitrogens with zero attached hydrogens (tertiary/aromatic N) is 2. The first-order valence-electron chi connectivity index (χ1n) is 7.97. The third-order valence-corrected chi connectivity index (χ3v) is 4.12. The highest BCUT2D eigenvalue weighted by Gasteiger charge is 2.09. The molecule has 3 heteroatoms. The monoisotopic (exact) mass is 314 g/mol. The molecule has 0 spiro atoms. The molecule has 0 saturated heterocycles. The number of hydrogen-bond acceptors (Lipinski definition) is 2. The van der Waals surface area contributed by atoms with Crippen LogP contribution >= 0.6 is 0 Å². The van der Waals surface area contributed by atoms with E-state index in [0.717, 1.165) is 27.9 Å². The molecule has 0 bridgehead atoms. The maximum Gasteiger partial charge on any atom is 0.221 e. The number of ether oxygens (including phenoxy) is 1. The second-order valence-electron chi connectivity index (χ2n) is 5.96. The lowest BCUT2D eigenvalue weighted by molar-refractivity contribution is 0.466. The van der Waals surface area contributed by atoms with Gasteiger partial charge in [0.15, 0.2) is 0 Å². The molecule has 2 aromatic heterocycles. The summed E-state index contributed by atoms with van der Waals surface area (Å²) in [7, 11) is 1.99. The van der Waals surface area contributed by atoms with Crippen LogP contribution in [0, 0.1) is 6.92 Å². The van der Waals surface area contributed by atoms with Crippen molar-refractivity contribution in [1.29, 1.82) is 0 Å². The largest absolute Gasteiger partial charge is 0.438 e. The lowest BCUT2D eigenvalue weighted by Gasteiger charge is -2.11. The van der Waals surface area contributed by atoms with Crippen LogP contribution in [0.25, 0.3) is 22.2 Å². The number of rotatable bonds is 3. The van der Waals surface area contributed by atoms with E-state index in [0.29, 0.717) is 5.88 Å². The van der Waals surface area contributed by atoms with E-state index < -0.39 is 0 Å². The first-order chi connectivity index (χ1) is 11.7. The Morgan fingerprint density at radius 1 is 0.917 bits per heavy atom. The Labute approximate surface area is 141 Å². The van der Waals surface area contributed by atoms with Crippen LogP contribution in [0.3, 0.4) is 0 Å². The standard InChI is InChI=1S/C21H18N2O/c1-15-6-5-7-17(14-15)18-8-3-4-9-19(18)24-20-11-10-16-12-13-23(2)21(16)22-20/h3-14H,1-2H3. The van der Waals surface area contributed by atoms with Gasteiger partial charge in [0.25, 0.3) is 0 Å². The Hall–Kier alpha value is -3.07. The van der Waals surface area contributed by atoms with Crippen molar-refractivity contribution in [2.75, 3.05) is 0 Å². The number of pyridine rings is 1. The zero-order chi connectivity index (χ0) is 16.5. The molecule has 0 saturated carbocycles. The van der Waals surface area contributed by atoms with Gasteiger partial charge in [-0.05, 0) is 30.7 Å². The zero-order valence-corrected chi connectivity index (χ0v) is 13.7. The molecule has 0 amide bonds. The maximum absolute atomic E-state index is 6.11. The van der Waals surface area contributed by atoms with Crippen molar-refractivity contribution >= 4 is 11.0 Å². The van der Waals surface area contributed by atoms with Gasteiger partial charge in [-0.25, -0.2) is 0 Å². The van der Waals surface area contributed by atoms with Crippen molar-refractivity contribution in [3.05, 3.63) is 78.5 Å². The number of para-hydroxylation sites is 1. The highest BCUT2D eigenvalue weighted by Crippen LogP contribution is 2.33. The highest BCUT2D eigenvalue weighted by atomic mass is 16.5. The molecule has 24 heavy (non-hydrogen) atoms. The molecule has 0 atom stereocenters. The summed E-state index contributed by atoms with van der Waals surface area (Å²) >= 11 is 0.